The third-order valence-electron chi connectivity index (χ3n) is 7.29. The summed E-state index contributed by atoms with van der Waals surface area (Å²) in [4.78, 5) is 18.8. The topological polar surface area (TPSA) is 49.4 Å². The molecule has 0 aromatic rings. The van der Waals surface area contributed by atoms with Gasteiger partial charge in [0.05, 0.1) is 0 Å². The van der Waals surface area contributed by atoms with Crippen LogP contribution in [0.4, 0.5) is 0 Å². The van der Waals surface area contributed by atoms with Gasteiger partial charge in [0.1, 0.15) is 0 Å². The van der Waals surface area contributed by atoms with Gasteiger partial charge < -0.3 is 0 Å². The number of nitrogens with zero attached hydrogens (tertiary/aromatic N) is 4. The molecular weight excluding hydrogens is 641 g/mol. The Bertz CT molecular complexity index is 1050. The molecule has 46 heavy (non-hydrogen) atoms. The molecule has 0 fully saturated rings. The Morgan fingerprint density at radius 1 is 0.370 bits per heavy atom. The van der Waals surface area contributed by atoms with E-state index in [1.165, 1.54) is 0 Å². The minimum absolute atomic E-state index is 0.367. The third kappa shape index (κ3) is 16.0. The van der Waals surface area contributed by atoms with Crippen molar-refractivity contribution in [1.29, 1.82) is 0 Å². The minimum atomic E-state index is 0.367. The van der Waals surface area contributed by atoms with Gasteiger partial charge in [0, 0.05) is 121 Å². The molecule has 0 aliphatic heterocycles. The summed E-state index contributed by atoms with van der Waals surface area (Å²) in [6.07, 6.45) is 42.6. The summed E-state index contributed by atoms with van der Waals surface area (Å²) in [5.41, 5.74) is 3.20. The van der Waals surface area contributed by atoms with Crippen molar-refractivity contribution in [3.8, 4) is 0 Å². The van der Waals surface area contributed by atoms with E-state index in [0.717, 1.165) is 72.2 Å². The zero-order chi connectivity index (χ0) is 31.7. The highest BCUT2D eigenvalue weighted by atomic mass is 32.2. The maximum absolute atomic E-state index is 4.69. The van der Waals surface area contributed by atoms with Crippen LogP contribution < -0.4 is 0 Å². The first kappa shape index (κ1) is 36.6. The monoisotopic (exact) mass is 688 g/mol. The molecule has 0 bridgehead atoms. The molecule has 0 spiro atoms. The number of allylic oxidation sites excluding steroid dienone is 16. The lowest BCUT2D eigenvalue weighted by atomic mass is 10.2. The summed E-state index contributed by atoms with van der Waals surface area (Å²) >= 11 is 8.09. The minimum Gasteiger partial charge on any atom is -0.296 e. The fourth-order valence-corrected chi connectivity index (χ4v) is 8.70. The third-order valence-corrected chi connectivity index (χ3v) is 11.4. The SMILES string of the molecule is C1=CC(C=NCCSCC(CSCCN=CC2C=CC=C2)=C(CSCCN=CC2C=CC=C2)CSCCN=CC2C=CC=C2)C=C1. The van der Waals surface area contributed by atoms with Crippen LogP contribution in [-0.2, 0) is 0 Å². The molecular formula is C38H48N4S4. The second-order valence-electron chi connectivity index (χ2n) is 11.0. The fraction of sp³-hybridized carbons (Fsp3) is 0.421. The van der Waals surface area contributed by atoms with E-state index in [0.29, 0.717) is 23.7 Å². The van der Waals surface area contributed by atoms with Crippen molar-refractivity contribution in [3.05, 3.63) is 108 Å². The van der Waals surface area contributed by atoms with E-state index in [2.05, 4.69) is 142 Å². The average molecular weight is 689 g/mol. The Morgan fingerprint density at radius 3 is 0.804 bits per heavy atom. The molecule has 0 aromatic carbocycles. The summed E-state index contributed by atoms with van der Waals surface area (Å²) < 4.78 is 0. The standard InChI is InChI=1S/C38H48N4S4/c1-2-10-33(9-1)25-39-17-21-43-29-37(30-44-22-18-40-26-34-11-3-4-12-34)38(31-45-23-19-41-27-35-13-5-6-14-35)32-46-24-20-42-28-36-15-7-8-16-36/h1-16,25-28,33-36H,17-24,29-32H2. The lowest BCUT2D eigenvalue weighted by Crippen LogP contribution is -2.07. The Balaban J connectivity index is 1.29. The van der Waals surface area contributed by atoms with Crippen LogP contribution in [0.2, 0.25) is 0 Å². The molecule has 4 aliphatic carbocycles. The zero-order valence-electron chi connectivity index (χ0n) is 26.8. The summed E-state index contributed by atoms with van der Waals surface area (Å²) in [5.74, 6) is 9.92. The molecule has 0 unspecified atom stereocenters. The second-order valence-corrected chi connectivity index (χ2v) is 15.4. The van der Waals surface area contributed by atoms with Crippen LogP contribution in [0.1, 0.15) is 0 Å². The highest BCUT2D eigenvalue weighted by Crippen LogP contribution is 2.24. The number of hydrogen-bond donors (Lipinski definition) is 0. The van der Waals surface area contributed by atoms with E-state index in [4.69, 9.17) is 0 Å². The van der Waals surface area contributed by atoms with Gasteiger partial charge in [-0.25, -0.2) is 0 Å². The smallest absolute Gasteiger partial charge is 0.0476 e. The first-order valence-corrected chi connectivity index (χ1v) is 20.9. The molecule has 0 saturated carbocycles. The summed E-state index contributed by atoms with van der Waals surface area (Å²) in [7, 11) is 0. The van der Waals surface area contributed by atoms with Crippen LogP contribution in [0.3, 0.4) is 0 Å². The number of hydrogen-bond acceptors (Lipinski definition) is 8. The van der Waals surface area contributed by atoms with Crippen molar-refractivity contribution in [3.63, 3.8) is 0 Å². The normalized spacial score (nSPS) is 18.0. The predicted octanol–water partition coefficient (Wildman–Crippen LogP) is 8.47. The lowest BCUT2D eigenvalue weighted by molar-refractivity contribution is 1.10. The van der Waals surface area contributed by atoms with Crippen LogP contribution in [0, 0.1) is 23.7 Å². The molecule has 4 aliphatic rings. The van der Waals surface area contributed by atoms with E-state index in [1.807, 2.05) is 47.0 Å². The van der Waals surface area contributed by atoms with E-state index in [-0.39, 0.29) is 0 Å². The highest BCUT2D eigenvalue weighted by molar-refractivity contribution is 8.01. The Labute approximate surface area is 294 Å². The number of rotatable bonds is 24. The molecule has 0 heterocycles. The fourth-order valence-electron chi connectivity index (χ4n) is 4.72. The van der Waals surface area contributed by atoms with Crippen molar-refractivity contribution in [1.82, 2.24) is 0 Å². The Kier molecular flexibility index (Phi) is 19.1. The highest BCUT2D eigenvalue weighted by Gasteiger charge is 2.10. The van der Waals surface area contributed by atoms with Gasteiger partial charge in [-0.3, -0.25) is 20.0 Å². The summed E-state index contributed by atoms with van der Waals surface area (Å²) in [5, 5.41) is 0. The van der Waals surface area contributed by atoms with Gasteiger partial charge in [-0.05, 0) is 11.1 Å². The van der Waals surface area contributed by atoms with E-state index < -0.39 is 0 Å². The van der Waals surface area contributed by atoms with Crippen LogP contribution in [0.15, 0.2) is 128 Å². The quantitative estimate of drug-likeness (QED) is 0.0580. The molecule has 0 radical (unpaired) electrons. The summed E-state index contributed by atoms with van der Waals surface area (Å²) in [6, 6.07) is 0. The molecule has 0 N–H and O–H groups in total. The van der Waals surface area contributed by atoms with Crippen LogP contribution >= 0.6 is 47.0 Å². The van der Waals surface area contributed by atoms with Gasteiger partial charge in [-0.15, -0.1) is 0 Å². The van der Waals surface area contributed by atoms with Crippen LogP contribution in [0.25, 0.3) is 0 Å². The van der Waals surface area contributed by atoms with Crippen LogP contribution in [0.5, 0.6) is 0 Å². The van der Waals surface area contributed by atoms with Crippen molar-refractivity contribution < 1.29 is 0 Å². The van der Waals surface area contributed by atoms with Crippen molar-refractivity contribution in [2.75, 3.05) is 72.2 Å². The largest absolute Gasteiger partial charge is 0.296 e. The maximum Gasteiger partial charge on any atom is 0.0476 e. The molecule has 0 saturated heterocycles. The van der Waals surface area contributed by atoms with Gasteiger partial charge >= 0.3 is 0 Å². The maximum atomic E-state index is 4.69. The molecule has 8 heteroatoms. The zero-order valence-corrected chi connectivity index (χ0v) is 30.0. The first-order valence-electron chi connectivity index (χ1n) is 16.3. The number of thioether (sulfide) groups is 4. The predicted molar refractivity (Wildman–Crippen MR) is 217 cm³/mol. The van der Waals surface area contributed by atoms with Crippen molar-refractivity contribution in [2.24, 2.45) is 43.6 Å². The molecule has 0 aromatic heterocycles. The van der Waals surface area contributed by atoms with Crippen molar-refractivity contribution >= 4 is 71.9 Å². The molecule has 0 amide bonds. The van der Waals surface area contributed by atoms with E-state index >= 15 is 0 Å². The van der Waals surface area contributed by atoms with Gasteiger partial charge in [-0.1, -0.05) is 97.2 Å². The molecule has 4 nitrogen and oxygen atoms in total. The number of aliphatic imine (C=N–C) groups is 4. The molecule has 4 rings (SSSR count). The van der Waals surface area contributed by atoms with E-state index in [1.54, 1.807) is 11.1 Å². The summed E-state index contributed by atoms with van der Waals surface area (Å²) in [6.45, 7) is 3.47. The molecule has 0 atom stereocenters. The van der Waals surface area contributed by atoms with Crippen LogP contribution in [-0.4, -0.2) is 97.1 Å². The van der Waals surface area contributed by atoms with Crippen molar-refractivity contribution in [2.45, 2.75) is 0 Å². The second kappa shape index (κ2) is 24.0. The van der Waals surface area contributed by atoms with Gasteiger partial charge in [-0.2, -0.15) is 47.0 Å². The average Bonchev–Trinajstić information content (AvgIpc) is 3.91. The van der Waals surface area contributed by atoms with Gasteiger partial charge in [0.15, 0.2) is 0 Å². The first-order chi connectivity index (χ1) is 22.9. The van der Waals surface area contributed by atoms with Gasteiger partial charge in [0.25, 0.3) is 0 Å². The van der Waals surface area contributed by atoms with E-state index in [9.17, 15) is 0 Å². The van der Waals surface area contributed by atoms with Gasteiger partial charge in [0.2, 0.25) is 0 Å². The Morgan fingerprint density at radius 2 is 0.587 bits per heavy atom. The Hall–Kier alpha value is -2.26. The lowest BCUT2D eigenvalue weighted by Gasteiger charge is -2.16. The molecule has 244 valence electrons.